The van der Waals surface area contributed by atoms with Crippen LogP contribution < -0.4 is 14.4 Å². The van der Waals surface area contributed by atoms with Crippen molar-refractivity contribution >= 4 is 33.5 Å². The summed E-state index contributed by atoms with van der Waals surface area (Å²) in [6, 6.07) is 7.83. The fraction of sp³-hybridized carbons (Fsp3) is 0.273. The van der Waals surface area contributed by atoms with Crippen LogP contribution in [-0.4, -0.2) is 31.4 Å². The van der Waals surface area contributed by atoms with Crippen LogP contribution in [0.3, 0.4) is 0 Å². The van der Waals surface area contributed by atoms with E-state index < -0.39 is 0 Å². The van der Waals surface area contributed by atoms with E-state index in [0.29, 0.717) is 0 Å². The first-order chi connectivity index (χ1) is 8.69. The minimum atomic E-state index is 0.791. The summed E-state index contributed by atoms with van der Waals surface area (Å²) < 4.78 is 8.27. The summed E-state index contributed by atoms with van der Waals surface area (Å²) in [6.07, 6.45) is 0. The molecule has 2 rings (SSSR count). The lowest BCUT2D eigenvalue weighted by Crippen LogP contribution is -2.07. The summed E-state index contributed by atoms with van der Waals surface area (Å²) in [6.45, 7) is 0. The van der Waals surface area contributed by atoms with Gasteiger partial charge in [0, 0.05) is 19.0 Å². The van der Waals surface area contributed by atoms with E-state index in [2.05, 4.69) is 14.9 Å². The normalized spacial score (nSPS) is 10.2. The standard InChI is InChI=1S/C11H14N4OS2/c1-15(2)11-13-12-10(17-11)14-18-9-6-4-8(16-3)5-7-9/h4-7H,1-3H3,(H,12,14). The second-order valence-corrected chi connectivity index (χ2v) is 5.50. The number of hydrogen-bond acceptors (Lipinski definition) is 7. The lowest BCUT2D eigenvalue weighted by molar-refractivity contribution is 0.414. The van der Waals surface area contributed by atoms with E-state index in [1.54, 1.807) is 7.11 Å². The largest absolute Gasteiger partial charge is 0.497 e. The molecule has 0 radical (unpaired) electrons. The molecule has 0 amide bonds. The second kappa shape index (κ2) is 5.92. The predicted octanol–water partition coefficient (Wildman–Crippen LogP) is 2.73. The van der Waals surface area contributed by atoms with Gasteiger partial charge >= 0.3 is 0 Å². The van der Waals surface area contributed by atoms with Crippen molar-refractivity contribution in [3.05, 3.63) is 24.3 Å². The maximum absolute atomic E-state index is 5.11. The van der Waals surface area contributed by atoms with Crippen LogP contribution in [0.4, 0.5) is 10.3 Å². The smallest absolute Gasteiger partial charge is 0.217 e. The molecule has 0 aliphatic rings. The molecule has 1 aromatic carbocycles. The lowest BCUT2D eigenvalue weighted by Gasteiger charge is -2.04. The van der Waals surface area contributed by atoms with Crippen molar-refractivity contribution in [1.29, 1.82) is 0 Å². The summed E-state index contributed by atoms with van der Waals surface area (Å²) in [4.78, 5) is 3.03. The van der Waals surface area contributed by atoms with E-state index >= 15 is 0 Å². The van der Waals surface area contributed by atoms with Crippen LogP contribution in [0.25, 0.3) is 0 Å². The molecule has 0 aliphatic heterocycles. The second-order valence-electron chi connectivity index (χ2n) is 3.66. The quantitative estimate of drug-likeness (QED) is 0.851. The average molecular weight is 282 g/mol. The molecule has 7 heteroatoms. The van der Waals surface area contributed by atoms with Gasteiger partial charge in [-0.25, -0.2) is 0 Å². The van der Waals surface area contributed by atoms with Crippen molar-refractivity contribution in [3.63, 3.8) is 0 Å². The van der Waals surface area contributed by atoms with Crippen molar-refractivity contribution in [3.8, 4) is 5.75 Å². The van der Waals surface area contributed by atoms with E-state index in [1.807, 2.05) is 43.3 Å². The summed E-state index contributed by atoms with van der Waals surface area (Å²) >= 11 is 3.02. The van der Waals surface area contributed by atoms with E-state index in [1.165, 1.54) is 23.3 Å². The minimum Gasteiger partial charge on any atom is -0.497 e. The third kappa shape index (κ3) is 3.27. The van der Waals surface area contributed by atoms with Gasteiger partial charge in [-0.2, -0.15) is 0 Å². The molecule has 18 heavy (non-hydrogen) atoms. The van der Waals surface area contributed by atoms with Crippen molar-refractivity contribution in [2.24, 2.45) is 0 Å². The van der Waals surface area contributed by atoms with Crippen LogP contribution >= 0.6 is 23.3 Å². The number of nitrogens with zero attached hydrogens (tertiary/aromatic N) is 3. The van der Waals surface area contributed by atoms with Crippen molar-refractivity contribution in [1.82, 2.24) is 10.2 Å². The van der Waals surface area contributed by atoms with Crippen LogP contribution in [0.2, 0.25) is 0 Å². The van der Waals surface area contributed by atoms with E-state index in [0.717, 1.165) is 20.9 Å². The third-order valence-electron chi connectivity index (χ3n) is 2.11. The Morgan fingerprint density at radius 1 is 1.22 bits per heavy atom. The topological polar surface area (TPSA) is 50.3 Å². The SMILES string of the molecule is COc1ccc(SNc2nnc(N(C)C)s2)cc1. The Kier molecular flexibility index (Phi) is 4.27. The van der Waals surface area contributed by atoms with Crippen molar-refractivity contribution < 1.29 is 4.74 Å². The first-order valence-corrected chi connectivity index (χ1v) is 6.90. The molecule has 0 saturated heterocycles. The number of anilines is 2. The van der Waals surface area contributed by atoms with Crippen LogP contribution in [0, 0.1) is 0 Å². The predicted molar refractivity (Wildman–Crippen MR) is 76.7 cm³/mol. The highest BCUT2D eigenvalue weighted by molar-refractivity contribution is 8.00. The lowest BCUT2D eigenvalue weighted by atomic mass is 10.3. The van der Waals surface area contributed by atoms with E-state index in [9.17, 15) is 0 Å². The molecule has 0 aliphatic carbocycles. The van der Waals surface area contributed by atoms with Gasteiger partial charge in [-0.05, 0) is 36.2 Å². The van der Waals surface area contributed by atoms with Crippen molar-refractivity contribution in [2.75, 3.05) is 30.8 Å². The van der Waals surface area contributed by atoms with Crippen LogP contribution in [-0.2, 0) is 0 Å². The molecule has 0 saturated carbocycles. The molecule has 1 aromatic heterocycles. The molecule has 0 bridgehead atoms. The summed E-state index contributed by atoms with van der Waals surface area (Å²) in [5.74, 6) is 0.852. The zero-order chi connectivity index (χ0) is 13.0. The highest BCUT2D eigenvalue weighted by atomic mass is 32.2. The van der Waals surface area contributed by atoms with E-state index in [4.69, 9.17) is 4.74 Å². The van der Waals surface area contributed by atoms with Gasteiger partial charge < -0.3 is 14.4 Å². The number of methoxy groups -OCH3 is 1. The average Bonchev–Trinajstić information content (AvgIpc) is 2.86. The number of benzene rings is 1. The molecule has 0 unspecified atom stereocenters. The molecule has 0 spiro atoms. The number of aromatic nitrogens is 2. The number of hydrogen-bond donors (Lipinski definition) is 1. The Balaban J connectivity index is 1.93. The molecule has 0 fully saturated rings. The number of rotatable bonds is 5. The van der Waals surface area contributed by atoms with Gasteiger partial charge in [0.2, 0.25) is 10.3 Å². The zero-order valence-electron chi connectivity index (χ0n) is 10.4. The fourth-order valence-corrected chi connectivity index (χ4v) is 2.51. The monoisotopic (exact) mass is 282 g/mol. The summed E-state index contributed by atoms with van der Waals surface area (Å²) in [5, 5.41) is 9.78. The first-order valence-electron chi connectivity index (χ1n) is 5.27. The maximum Gasteiger partial charge on any atom is 0.217 e. The van der Waals surface area contributed by atoms with Crippen molar-refractivity contribution in [2.45, 2.75) is 4.90 Å². The Morgan fingerprint density at radius 2 is 1.94 bits per heavy atom. The van der Waals surface area contributed by atoms with Gasteiger partial charge in [-0.15, -0.1) is 10.2 Å². The van der Waals surface area contributed by atoms with Gasteiger partial charge in [-0.3, -0.25) is 0 Å². The highest BCUT2D eigenvalue weighted by Gasteiger charge is 2.05. The number of ether oxygens (including phenoxy) is 1. The Labute approximate surface area is 114 Å². The molecule has 1 heterocycles. The fourth-order valence-electron chi connectivity index (χ4n) is 1.18. The molecule has 2 aromatic rings. The first kappa shape index (κ1) is 13.0. The molecule has 1 N–H and O–H groups in total. The zero-order valence-corrected chi connectivity index (χ0v) is 12.0. The third-order valence-corrected chi connectivity index (χ3v) is 4.05. The summed E-state index contributed by atoms with van der Waals surface area (Å²) in [5.41, 5.74) is 0. The highest BCUT2D eigenvalue weighted by Crippen LogP contribution is 2.27. The maximum atomic E-state index is 5.11. The molecular formula is C11H14N4OS2. The van der Waals surface area contributed by atoms with Gasteiger partial charge in [-0.1, -0.05) is 11.3 Å². The van der Waals surface area contributed by atoms with Gasteiger partial charge in [0.25, 0.3) is 0 Å². The Bertz CT molecular complexity index is 498. The molecular weight excluding hydrogens is 268 g/mol. The minimum absolute atomic E-state index is 0.791. The van der Waals surface area contributed by atoms with Crippen LogP contribution in [0.5, 0.6) is 5.75 Å². The Morgan fingerprint density at radius 3 is 2.50 bits per heavy atom. The van der Waals surface area contributed by atoms with E-state index in [-0.39, 0.29) is 0 Å². The number of nitrogens with one attached hydrogen (secondary N) is 1. The van der Waals surface area contributed by atoms with Crippen LogP contribution in [0.1, 0.15) is 0 Å². The van der Waals surface area contributed by atoms with Crippen LogP contribution in [0.15, 0.2) is 29.2 Å². The van der Waals surface area contributed by atoms with Gasteiger partial charge in [0.05, 0.1) is 7.11 Å². The Hall–Kier alpha value is -1.47. The van der Waals surface area contributed by atoms with Gasteiger partial charge in [0.1, 0.15) is 5.75 Å². The summed E-state index contributed by atoms with van der Waals surface area (Å²) in [7, 11) is 5.55. The molecule has 96 valence electrons. The van der Waals surface area contributed by atoms with Gasteiger partial charge in [0.15, 0.2) is 0 Å². The molecule has 5 nitrogen and oxygen atoms in total. The molecule has 0 atom stereocenters.